The highest BCUT2D eigenvalue weighted by molar-refractivity contribution is 5.72. The summed E-state index contributed by atoms with van der Waals surface area (Å²) >= 11 is 0. The fraction of sp³-hybridized carbons (Fsp3) is 0.533. The minimum Gasteiger partial charge on any atom is -0.496 e. The van der Waals surface area contributed by atoms with Gasteiger partial charge in [0.2, 0.25) is 0 Å². The average molecular weight is 469 g/mol. The van der Waals surface area contributed by atoms with Gasteiger partial charge in [-0.3, -0.25) is 0 Å². The van der Waals surface area contributed by atoms with Gasteiger partial charge >= 0.3 is 0 Å². The number of ether oxygens (including phenoxy) is 3. The third kappa shape index (κ3) is 9.42. The Kier molecular flexibility index (Phi) is 13.2. The van der Waals surface area contributed by atoms with E-state index in [2.05, 4.69) is 31.2 Å². The minimum absolute atomic E-state index is 0.336. The zero-order chi connectivity index (χ0) is 24.6. The predicted octanol–water partition coefficient (Wildman–Crippen LogP) is 7.63. The molecule has 0 aliphatic rings. The second-order valence-corrected chi connectivity index (χ2v) is 8.98. The van der Waals surface area contributed by atoms with Crippen LogP contribution in [0.15, 0.2) is 30.3 Å². The molecule has 0 bridgehead atoms. The molecule has 0 fully saturated rings. The van der Waals surface area contributed by atoms with Gasteiger partial charge in [-0.05, 0) is 66.6 Å². The third-order valence-corrected chi connectivity index (χ3v) is 6.39. The van der Waals surface area contributed by atoms with Crippen LogP contribution in [0.5, 0.6) is 17.2 Å². The molecule has 2 aromatic carbocycles. The second-order valence-electron chi connectivity index (χ2n) is 8.98. The highest BCUT2D eigenvalue weighted by atomic mass is 16.5. The summed E-state index contributed by atoms with van der Waals surface area (Å²) in [5.41, 5.74) is 4.80. The summed E-state index contributed by atoms with van der Waals surface area (Å²) in [6, 6.07) is 10.3. The summed E-state index contributed by atoms with van der Waals surface area (Å²) in [5.74, 6) is 2.44. The summed E-state index contributed by atoms with van der Waals surface area (Å²) in [6.45, 7) is 2.52. The first-order chi connectivity index (χ1) is 16.6. The van der Waals surface area contributed by atoms with E-state index in [-0.39, 0.29) is 0 Å². The predicted molar refractivity (Wildman–Crippen MR) is 143 cm³/mol. The van der Waals surface area contributed by atoms with Crippen LogP contribution in [0.4, 0.5) is 0 Å². The molecule has 2 aromatic rings. The van der Waals surface area contributed by atoms with Crippen molar-refractivity contribution in [1.82, 2.24) is 0 Å². The Labute approximate surface area is 207 Å². The number of unbranched alkanes of at least 4 members (excludes halogenated alkanes) is 9. The first kappa shape index (κ1) is 27.8. The van der Waals surface area contributed by atoms with Gasteiger partial charge in [-0.1, -0.05) is 75.7 Å². The summed E-state index contributed by atoms with van der Waals surface area (Å²) in [7, 11) is 5.07. The lowest BCUT2D eigenvalue weighted by Crippen LogP contribution is -1.97. The van der Waals surface area contributed by atoms with Crippen molar-refractivity contribution in [3.63, 3.8) is 0 Å². The summed E-state index contributed by atoms with van der Waals surface area (Å²) in [4.78, 5) is 0. The number of hydrogen-bond donors (Lipinski definition) is 1. The van der Waals surface area contributed by atoms with Crippen molar-refractivity contribution in [2.75, 3.05) is 27.9 Å². The number of aliphatic hydroxyl groups is 1. The zero-order valence-corrected chi connectivity index (χ0v) is 21.7. The lowest BCUT2D eigenvalue weighted by Gasteiger charge is -2.13. The summed E-state index contributed by atoms with van der Waals surface area (Å²) < 4.78 is 16.5. The van der Waals surface area contributed by atoms with E-state index in [4.69, 9.17) is 19.3 Å². The highest BCUT2D eigenvalue weighted by Crippen LogP contribution is 2.30. The molecule has 34 heavy (non-hydrogen) atoms. The Morgan fingerprint density at radius 3 is 1.74 bits per heavy atom. The van der Waals surface area contributed by atoms with E-state index in [0.717, 1.165) is 41.2 Å². The van der Waals surface area contributed by atoms with Crippen molar-refractivity contribution in [2.24, 2.45) is 0 Å². The van der Waals surface area contributed by atoms with E-state index in [1.54, 1.807) is 21.3 Å². The average Bonchev–Trinajstić information content (AvgIpc) is 2.86. The molecule has 0 aromatic heterocycles. The van der Waals surface area contributed by atoms with Crippen LogP contribution < -0.4 is 14.2 Å². The Morgan fingerprint density at radius 2 is 1.15 bits per heavy atom. The van der Waals surface area contributed by atoms with E-state index in [9.17, 15) is 0 Å². The Morgan fingerprint density at radius 1 is 0.618 bits per heavy atom. The Hall–Kier alpha value is -2.46. The monoisotopic (exact) mass is 468 g/mol. The molecule has 0 saturated carbocycles. The Bertz CT molecular complexity index is 872. The number of benzene rings is 2. The van der Waals surface area contributed by atoms with Crippen LogP contribution in [0.25, 0.3) is 12.2 Å². The normalized spacial score (nSPS) is 11.2. The van der Waals surface area contributed by atoms with Gasteiger partial charge in [0.05, 0.1) is 21.3 Å². The third-order valence-electron chi connectivity index (χ3n) is 6.39. The van der Waals surface area contributed by atoms with Crippen molar-refractivity contribution >= 4 is 12.2 Å². The molecular formula is C30H44O4. The number of aliphatic hydroxyl groups excluding tert-OH is 1. The number of methoxy groups -OCH3 is 3. The van der Waals surface area contributed by atoms with Gasteiger partial charge < -0.3 is 19.3 Å². The topological polar surface area (TPSA) is 47.9 Å². The zero-order valence-electron chi connectivity index (χ0n) is 21.7. The molecule has 2 rings (SSSR count). The molecule has 0 aliphatic carbocycles. The molecule has 4 nitrogen and oxygen atoms in total. The molecule has 0 heterocycles. The second kappa shape index (κ2) is 16.2. The van der Waals surface area contributed by atoms with E-state index in [0.29, 0.717) is 6.61 Å². The van der Waals surface area contributed by atoms with Crippen LogP contribution in [-0.4, -0.2) is 33.0 Å². The van der Waals surface area contributed by atoms with Gasteiger partial charge in [-0.2, -0.15) is 0 Å². The first-order valence-corrected chi connectivity index (χ1v) is 12.8. The van der Waals surface area contributed by atoms with Crippen LogP contribution in [0.1, 0.15) is 86.5 Å². The van der Waals surface area contributed by atoms with Crippen LogP contribution >= 0.6 is 0 Å². The van der Waals surface area contributed by atoms with Crippen LogP contribution in [0.2, 0.25) is 0 Å². The van der Waals surface area contributed by atoms with E-state index in [1.165, 1.54) is 68.9 Å². The highest BCUT2D eigenvalue weighted by Gasteiger charge is 2.09. The summed E-state index contributed by atoms with van der Waals surface area (Å²) in [6.07, 6.45) is 17.7. The Balaban J connectivity index is 1.83. The smallest absolute Gasteiger partial charge is 0.161 e. The first-order valence-electron chi connectivity index (χ1n) is 12.8. The van der Waals surface area contributed by atoms with Gasteiger partial charge in [0.15, 0.2) is 11.5 Å². The van der Waals surface area contributed by atoms with Crippen LogP contribution in [0.3, 0.4) is 0 Å². The van der Waals surface area contributed by atoms with Gasteiger partial charge in [0, 0.05) is 6.61 Å². The molecule has 0 aliphatic heterocycles. The lowest BCUT2D eigenvalue weighted by atomic mass is 9.97. The maximum Gasteiger partial charge on any atom is 0.161 e. The van der Waals surface area contributed by atoms with Crippen molar-refractivity contribution < 1.29 is 19.3 Å². The summed E-state index contributed by atoms with van der Waals surface area (Å²) in [5, 5.41) is 8.82. The standard InChI is InChI=1S/C30H44O4/c1-24-21-26(17-16-25-18-19-28(32-2)30(22-25)34-4)23-29(33-3)27(24)15-13-11-9-7-5-6-8-10-12-14-20-31/h16-19,21-23,31H,5-15,20H2,1-4H3/b17-16+. The number of rotatable bonds is 17. The van der Waals surface area contributed by atoms with Crippen LogP contribution in [0, 0.1) is 6.92 Å². The lowest BCUT2D eigenvalue weighted by molar-refractivity contribution is 0.282. The minimum atomic E-state index is 0.336. The molecule has 0 saturated heterocycles. The van der Waals surface area contributed by atoms with Gasteiger partial charge in [-0.25, -0.2) is 0 Å². The maximum absolute atomic E-state index is 8.82. The number of hydrogen-bond acceptors (Lipinski definition) is 4. The van der Waals surface area contributed by atoms with Crippen molar-refractivity contribution in [2.45, 2.75) is 77.6 Å². The van der Waals surface area contributed by atoms with Gasteiger partial charge in [0.25, 0.3) is 0 Å². The van der Waals surface area contributed by atoms with Crippen molar-refractivity contribution in [3.8, 4) is 17.2 Å². The van der Waals surface area contributed by atoms with Crippen molar-refractivity contribution in [3.05, 3.63) is 52.6 Å². The molecular weight excluding hydrogens is 424 g/mol. The molecule has 0 amide bonds. The fourth-order valence-electron chi connectivity index (χ4n) is 4.39. The molecule has 188 valence electrons. The largest absolute Gasteiger partial charge is 0.496 e. The molecule has 0 spiro atoms. The van der Waals surface area contributed by atoms with Gasteiger partial charge in [-0.15, -0.1) is 0 Å². The van der Waals surface area contributed by atoms with Crippen molar-refractivity contribution in [1.29, 1.82) is 0 Å². The van der Waals surface area contributed by atoms with Gasteiger partial charge in [0.1, 0.15) is 5.75 Å². The molecule has 0 unspecified atom stereocenters. The van der Waals surface area contributed by atoms with E-state index < -0.39 is 0 Å². The SMILES string of the molecule is COc1ccc(/C=C/c2cc(C)c(CCCCCCCCCCCCO)c(OC)c2)cc1OC. The molecule has 0 atom stereocenters. The molecule has 4 heteroatoms. The van der Waals surface area contributed by atoms with E-state index >= 15 is 0 Å². The maximum atomic E-state index is 8.82. The van der Waals surface area contributed by atoms with E-state index in [1.807, 2.05) is 18.2 Å². The quantitative estimate of drug-likeness (QED) is 0.191. The molecule has 0 radical (unpaired) electrons. The fourth-order valence-corrected chi connectivity index (χ4v) is 4.39. The molecule has 1 N–H and O–H groups in total. The number of aryl methyl sites for hydroxylation is 1. The van der Waals surface area contributed by atoms with Crippen LogP contribution in [-0.2, 0) is 6.42 Å².